The minimum Gasteiger partial charge on any atom is -0.258 e. The van der Waals surface area contributed by atoms with Crippen LogP contribution in [0.1, 0.15) is 11.1 Å². The number of nitrogens with zero attached hydrogens (tertiary/aromatic N) is 6. The Morgan fingerprint density at radius 1 is 0.690 bits per heavy atom. The number of nitrogens with one attached hydrogen (secondary N) is 2. The summed E-state index contributed by atoms with van der Waals surface area (Å²) < 4.78 is 6.66. The highest BCUT2D eigenvalue weighted by molar-refractivity contribution is 9.10. The van der Waals surface area contributed by atoms with Gasteiger partial charge in [0.05, 0.1) is 12.4 Å². The summed E-state index contributed by atoms with van der Waals surface area (Å²) in [6.07, 6.45) is 3.32. The van der Waals surface area contributed by atoms with Gasteiger partial charge < -0.3 is 0 Å². The van der Waals surface area contributed by atoms with E-state index in [4.69, 9.17) is 0 Å². The third-order valence-corrected chi connectivity index (χ3v) is 4.68. The van der Waals surface area contributed by atoms with Gasteiger partial charge in [0.25, 0.3) is 0 Å². The highest BCUT2D eigenvalue weighted by Gasteiger charge is 2.11. The smallest absolute Gasteiger partial charge is 0.245 e. The van der Waals surface area contributed by atoms with Crippen LogP contribution in [0.4, 0.5) is 11.6 Å². The number of rotatable bonds is 6. The molecule has 2 N–H and O–H groups in total. The molecule has 0 aliphatic carbocycles. The van der Waals surface area contributed by atoms with Gasteiger partial charge in [0.15, 0.2) is 11.6 Å². The lowest BCUT2D eigenvalue weighted by Crippen LogP contribution is -2.03. The molecule has 29 heavy (non-hydrogen) atoms. The highest BCUT2D eigenvalue weighted by atomic mass is 79.9. The number of hydrogen-bond acceptors (Lipinski definition) is 9. The van der Waals surface area contributed by atoms with Gasteiger partial charge in [-0.25, -0.2) is 4.63 Å². The molecular formula is C18H12Br2N8O. The molecule has 0 saturated carbocycles. The van der Waals surface area contributed by atoms with E-state index in [1.165, 1.54) is 0 Å². The minimum absolute atomic E-state index is 0.258. The molecule has 0 unspecified atom stereocenters. The first kappa shape index (κ1) is 19.2. The van der Waals surface area contributed by atoms with Gasteiger partial charge in [0.2, 0.25) is 11.3 Å². The van der Waals surface area contributed by atoms with Crippen LogP contribution < -0.4 is 10.9 Å². The fourth-order valence-corrected chi connectivity index (χ4v) is 2.76. The van der Waals surface area contributed by atoms with Crippen molar-refractivity contribution < 1.29 is 4.63 Å². The van der Waals surface area contributed by atoms with Crippen LogP contribution in [-0.4, -0.2) is 32.7 Å². The first-order valence-electron chi connectivity index (χ1n) is 8.27. The van der Waals surface area contributed by atoms with Crippen molar-refractivity contribution >= 4 is 67.2 Å². The van der Waals surface area contributed by atoms with Gasteiger partial charge in [-0.1, -0.05) is 56.1 Å². The molecular weight excluding hydrogens is 504 g/mol. The van der Waals surface area contributed by atoms with Crippen molar-refractivity contribution in [1.82, 2.24) is 20.3 Å². The minimum atomic E-state index is 0.258. The molecule has 0 bridgehead atoms. The molecule has 2 aromatic heterocycles. The van der Waals surface area contributed by atoms with E-state index in [1.807, 2.05) is 48.5 Å². The zero-order valence-electron chi connectivity index (χ0n) is 14.6. The molecule has 144 valence electrons. The molecule has 0 fully saturated rings. The summed E-state index contributed by atoms with van der Waals surface area (Å²) in [7, 11) is 0. The number of hydrogen-bond donors (Lipinski definition) is 2. The molecule has 0 spiro atoms. The van der Waals surface area contributed by atoms with Crippen LogP contribution in [0.25, 0.3) is 11.3 Å². The van der Waals surface area contributed by atoms with E-state index >= 15 is 0 Å². The van der Waals surface area contributed by atoms with E-state index in [0.717, 1.165) is 20.1 Å². The van der Waals surface area contributed by atoms with Crippen molar-refractivity contribution in [3.05, 3.63) is 68.6 Å². The van der Waals surface area contributed by atoms with Crippen molar-refractivity contribution in [3.8, 4) is 0 Å². The van der Waals surface area contributed by atoms with Gasteiger partial charge >= 0.3 is 0 Å². The van der Waals surface area contributed by atoms with Crippen LogP contribution in [0.5, 0.6) is 0 Å². The molecule has 0 amide bonds. The average Bonchev–Trinajstić information content (AvgIpc) is 3.18. The Labute approximate surface area is 181 Å². The van der Waals surface area contributed by atoms with Crippen molar-refractivity contribution in [1.29, 1.82) is 0 Å². The Kier molecular flexibility index (Phi) is 5.86. The van der Waals surface area contributed by atoms with Gasteiger partial charge in [-0.2, -0.15) is 20.2 Å². The zero-order chi connectivity index (χ0) is 20.1. The molecule has 2 aromatic carbocycles. The topological polar surface area (TPSA) is 113 Å². The molecule has 11 heteroatoms. The van der Waals surface area contributed by atoms with Crippen LogP contribution in [-0.2, 0) is 0 Å². The SMILES string of the molecule is Brc1ccc(C=NNc2nc3nonc3nc2NN=Cc2ccc(Br)cc2)cc1. The Bertz CT molecular complexity index is 1080. The Morgan fingerprint density at radius 3 is 1.52 bits per heavy atom. The standard InChI is InChI=1S/C18H12Br2N8O/c19-13-5-1-11(2-6-13)9-21-25-15-16(24-18-17(23-15)27-29-28-18)26-22-10-12-3-7-14(20)8-4-12/h1-10H,(H,23,25,27)(H,24,26,28). The second-order valence-electron chi connectivity index (χ2n) is 5.68. The van der Waals surface area contributed by atoms with Crippen molar-refractivity contribution in [2.24, 2.45) is 10.2 Å². The Morgan fingerprint density at radius 2 is 1.10 bits per heavy atom. The Balaban J connectivity index is 1.53. The van der Waals surface area contributed by atoms with Crippen LogP contribution in [0.15, 0.2) is 72.3 Å². The van der Waals surface area contributed by atoms with Crippen molar-refractivity contribution in [2.75, 3.05) is 10.9 Å². The van der Waals surface area contributed by atoms with E-state index in [2.05, 4.69) is 77.8 Å². The van der Waals surface area contributed by atoms with Crippen LogP contribution >= 0.6 is 31.9 Å². The predicted molar refractivity (Wildman–Crippen MR) is 118 cm³/mol. The predicted octanol–water partition coefficient (Wildman–Crippen LogP) is 4.43. The number of fused-ring (bicyclic) bond motifs is 1. The normalized spacial score (nSPS) is 11.5. The van der Waals surface area contributed by atoms with E-state index in [0.29, 0.717) is 11.6 Å². The third-order valence-electron chi connectivity index (χ3n) is 3.62. The number of benzene rings is 2. The largest absolute Gasteiger partial charge is 0.258 e. The quantitative estimate of drug-likeness (QED) is 0.288. The monoisotopic (exact) mass is 514 g/mol. The Hall–Kier alpha value is -3.18. The maximum Gasteiger partial charge on any atom is 0.245 e. The fraction of sp³-hybridized carbons (Fsp3) is 0. The van der Waals surface area contributed by atoms with Crippen molar-refractivity contribution in [3.63, 3.8) is 0 Å². The molecule has 9 nitrogen and oxygen atoms in total. The lowest BCUT2D eigenvalue weighted by Gasteiger charge is -2.05. The summed E-state index contributed by atoms with van der Waals surface area (Å²) in [4.78, 5) is 8.63. The number of hydrazone groups is 2. The van der Waals surface area contributed by atoms with Gasteiger partial charge in [0.1, 0.15) is 0 Å². The molecule has 0 radical (unpaired) electrons. The highest BCUT2D eigenvalue weighted by Crippen LogP contribution is 2.19. The van der Waals surface area contributed by atoms with E-state index in [9.17, 15) is 0 Å². The molecule has 2 heterocycles. The maximum absolute atomic E-state index is 4.68. The lowest BCUT2D eigenvalue weighted by atomic mass is 10.2. The summed E-state index contributed by atoms with van der Waals surface area (Å²) in [5, 5.41) is 15.8. The van der Waals surface area contributed by atoms with Crippen LogP contribution in [0.2, 0.25) is 0 Å². The summed E-state index contributed by atoms with van der Waals surface area (Å²) in [5.41, 5.74) is 8.04. The summed E-state index contributed by atoms with van der Waals surface area (Å²) in [5.74, 6) is 0.657. The summed E-state index contributed by atoms with van der Waals surface area (Å²) in [6.45, 7) is 0. The molecule has 0 saturated heterocycles. The van der Waals surface area contributed by atoms with Gasteiger partial charge in [0, 0.05) is 8.95 Å². The molecule has 0 aliphatic rings. The molecule has 0 atom stereocenters. The van der Waals surface area contributed by atoms with Gasteiger partial charge in [-0.05, 0) is 45.7 Å². The zero-order valence-corrected chi connectivity index (χ0v) is 17.8. The summed E-state index contributed by atoms with van der Waals surface area (Å²) in [6, 6.07) is 15.4. The number of halogens is 2. The number of anilines is 2. The third kappa shape index (κ3) is 5.00. The van der Waals surface area contributed by atoms with E-state index in [-0.39, 0.29) is 11.3 Å². The van der Waals surface area contributed by atoms with E-state index < -0.39 is 0 Å². The van der Waals surface area contributed by atoms with E-state index in [1.54, 1.807) is 12.4 Å². The van der Waals surface area contributed by atoms with Gasteiger partial charge in [-0.3, -0.25) is 10.9 Å². The maximum atomic E-state index is 4.68. The first-order chi connectivity index (χ1) is 14.2. The average molecular weight is 516 g/mol. The molecule has 4 aromatic rings. The second-order valence-corrected chi connectivity index (χ2v) is 7.51. The molecule has 0 aliphatic heterocycles. The summed E-state index contributed by atoms with van der Waals surface area (Å²) >= 11 is 6.80. The lowest BCUT2D eigenvalue weighted by molar-refractivity contribution is 0.314. The van der Waals surface area contributed by atoms with Crippen molar-refractivity contribution in [2.45, 2.75) is 0 Å². The number of aromatic nitrogens is 4. The van der Waals surface area contributed by atoms with Crippen LogP contribution in [0.3, 0.4) is 0 Å². The van der Waals surface area contributed by atoms with Crippen LogP contribution in [0, 0.1) is 0 Å². The van der Waals surface area contributed by atoms with Gasteiger partial charge in [-0.15, -0.1) is 0 Å². The fourth-order valence-electron chi connectivity index (χ4n) is 2.23. The second kappa shape index (κ2) is 8.88. The molecule has 4 rings (SSSR count). The first-order valence-corrected chi connectivity index (χ1v) is 9.85.